The molecule has 0 bridgehead atoms. The van der Waals surface area contributed by atoms with E-state index in [4.69, 9.17) is 25.6 Å². The minimum Gasteiger partial charge on any atom is -0.486 e. The highest BCUT2D eigenvalue weighted by Gasteiger charge is 2.23. The van der Waals surface area contributed by atoms with E-state index in [1.54, 1.807) is 6.92 Å². The van der Waals surface area contributed by atoms with E-state index in [2.05, 4.69) is 24.3 Å². The lowest BCUT2D eigenvalue weighted by molar-refractivity contribution is -0.121. The van der Waals surface area contributed by atoms with Crippen LogP contribution in [0.4, 0.5) is 0 Å². The number of carbonyl (C=O) groups is 1. The number of hydrogen-bond acceptors (Lipinski definition) is 5. The summed E-state index contributed by atoms with van der Waals surface area (Å²) in [6, 6.07) is 5.61. The van der Waals surface area contributed by atoms with Crippen molar-refractivity contribution in [3.63, 3.8) is 0 Å². The van der Waals surface area contributed by atoms with Crippen molar-refractivity contribution < 1.29 is 18.8 Å². The minimum absolute atomic E-state index is 0.127. The summed E-state index contributed by atoms with van der Waals surface area (Å²) < 4.78 is 16.1. The number of fused-ring (bicyclic) bond motifs is 1. The Kier molecular flexibility index (Phi) is 5.18. The van der Waals surface area contributed by atoms with Gasteiger partial charge in [-0.2, -0.15) is 0 Å². The fraction of sp³-hybridized carbons (Fsp3) is 0.444. The second kappa shape index (κ2) is 7.35. The predicted octanol–water partition coefficient (Wildman–Crippen LogP) is 3.46. The van der Waals surface area contributed by atoms with Crippen molar-refractivity contribution in [1.82, 2.24) is 10.5 Å². The van der Waals surface area contributed by atoms with Gasteiger partial charge in [0.1, 0.15) is 13.2 Å². The van der Waals surface area contributed by atoms with Gasteiger partial charge in [0.15, 0.2) is 11.5 Å². The molecule has 1 atom stereocenters. The standard InChI is InChI=1S/C18H21ClN2O4/c1-10(2)17(12-4-5-14-15(8-12)24-7-6-23-14)20-16(22)9-13-11(3)21-25-18(13)19/h4-5,8,10,17H,6-7,9H2,1-3H3,(H,20,22)/t17-/m0/s1. The minimum atomic E-state index is -0.151. The molecule has 0 radical (unpaired) electrons. The van der Waals surface area contributed by atoms with Crippen LogP contribution in [-0.2, 0) is 11.2 Å². The molecule has 1 N–H and O–H groups in total. The highest BCUT2D eigenvalue weighted by Crippen LogP contribution is 2.34. The van der Waals surface area contributed by atoms with Crippen LogP contribution in [0, 0.1) is 12.8 Å². The van der Waals surface area contributed by atoms with Crippen LogP contribution in [-0.4, -0.2) is 24.3 Å². The molecular weight excluding hydrogens is 344 g/mol. The second-order valence-electron chi connectivity index (χ2n) is 6.39. The molecule has 7 heteroatoms. The van der Waals surface area contributed by atoms with Crippen molar-refractivity contribution >= 4 is 17.5 Å². The Morgan fingerprint density at radius 3 is 2.64 bits per heavy atom. The molecule has 0 spiro atoms. The molecule has 1 aliphatic heterocycles. The molecule has 25 heavy (non-hydrogen) atoms. The summed E-state index contributed by atoms with van der Waals surface area (Å²) in [5.74, 6) is 1.50. The molecule has 2 heterocycles. The Morgan fingerprint density at radius 1 is 1.28 bits per heavy atom. The van der Waals surface area contributed by atoms with Gasteiger partial charge < -0.3 is 19.3 Å². The van der Waals surface area contributed by atoms with E-state index in [9.17, 15) is 4.79 Å². The van der Waals surface area contributed by atoms with Crippen molar-refractivity contribution in [3.8, 4) is 11.5 Å². The van der Waals surface area contributed by atoms with E-state index >= 15 is 0 Å². The molecule has 1 amide bonds. The zero-order valence-electron chi connectivity index (χ0n) is 14.5. The van der Waals surface area contributed by atoms with Gasteiger partial charge in [-0.05, 0) is 42.1 Å². The normalized spacial score (nSPS) is 14.4. The van der Waals surface area contributed by atoms with E-state index in [1.165, 1.54) is 0 Å². The van der Waals surface area contributed by atoms with Gasteiger partial charge in [-0.3, -0.25) is 4.79 Å². The van der Waals surface area contributed by atoms with Crippen LogP contribution in [0.2, 0.25) is 5.22 Å². The first-order chi connectivity index (χ1) is 12.0. The molecule has 2 aromatic rings. The van der Waals surface area contributed by atoms with Crippen molar-refractivity contribution in [3.05, 3.63) is 40.2 Å². The fourth-order valence-electron chi connectivity index (χ4n) is 2.83. The van der Waals surface area contributed by atoms with Crippen LogP contribution in [0.25, 0.3) is 0 Å². The maximum absolute atomic E-state index is 12.5. The number of nitrogens with one attached hydrogen (secondary N) is 1. The third-order valence-corrected chi connectivity index (χ3v) is 4.48. The average molecular weight is 365 g/mol. The number of nitrogens with zero attached hydrogens (tertiary/aromatic N) is 1. The predicted molar refractivity (Wildman–Crippen MR) is 93.1 cm³/mol. The summed E-state index contributed by atoms with van der Waals surface area (Å²) in [4.78, 5) is 12.5. The molecule has 0 saturated carbocycles. The SMILES string of the molecule is Cc1noc(Cl)c1CC(=O)N[C@H](c1ccc2c(c1)OCCO2)C(C)C. The quantitative estimate of drug-likeness (QED) is 0.879. The van der Waals surface area contributed by atoms with Crippen LogP contribution < -0.4 is 14.8 Å². The Hall–Kier alpha value is -2.21. The van der Waals surface area contributed by atoms with Gasteiger partial charge in [0.05, 0.1) is 18.2 Å². The molecule has 1 aliphatic rings. The Labute approximate surface area is 151 Å². The maximum atomic E-state index is 12.5. The van der Waals surface area contributed by atoms with Gasteiger partial charge in [0.25, 0.3) is 0 Å². The lowest BCUT2D eigenvalue weighted by Gasteiger charge is -2.25. The molecule has 1 aromatic heterocycles. The van der Waals surface area contributed by atoms with Crippen molar-refractivity contribution in [2.75, 3.05) is 13.2 Å². The fourth-order valence-corrected chi connectivity index (χ4v) is 3.07. The molecule has 0 unspecified atom stereocenters. The van der Waals surface area contributed by atoms with E-state index in [0.717, 1.165) is 11.3 Å². The molecule has 3 rings (SSSR count). The number of benzene rings is 1. The van der Waals surface area contributed by atoms with Gasteiger partial charge in [0, 0.05) is 5.56 Å². The number of carbonyl (C=O) groups excluding carboxylic acids is 1. The number of aromatic nitrogens is 1. The van der Waals surface area contributed by atoms with Crippen LogP contribution in [0.5, 0.6) is 11.5 Å². The highest BCUT2D eigenvalue weighted by atomic mass is 35.5. The number of hydrogen-bond donors (Lipinski definition) is 1. The van der Waals surface area contributed by atoms with Crippen molar-refractivity contribution in [2.45, 2.75) is 33.2 Å². The molecule has 1 aromatic carbocycles. The summed E-state index contributed by atoms with van der Waals surface area (Å²) in [7, 11) is 0. The molecule has 6 nitrogen and oxygen atoms in total. The molecular formula is C18H21ClN2O4. The Bertz CT molecular complexity index is 753. The van der Waals surface area contributed by atoms with E-state index < -0.39 is 0 Å². The third kappa shape index (κ3) is 3.90. The Balaban J connectivity index is 1.76. The first-order valence-corrected chi connectivity index (χ1v) is 8.63. The number of ether oxygens (including phenoxy) is 2. The van der Waals surface area contributed by atoms with Gasteiger partial charge in [-0.1, -0.05) is 25.1 Å². The van der Waals surface area contributed by atoms with E-state index in [0.29, 0.717) is 30.2 Å². The third-order valence-electron chi connectivity index (χ3n) is 4.18. The highest BCUT2D eigenvalue weighted by molar-refractivity contribution is 6.29. The largest absolute Gasteiger partial charge is 0.486 e. The number of halogens is 1. The summed E-state index contributed by atoms with van der Waals surface area (Å²) in [5, 5.41) is 7.00. The van der Waals surface area contributed by atoms with Crippen LogP contribution in [0.15, 0.2) is 22.7 Å². The van der Waals surface area contributed by atoms with Crippen LogP contribution in [0.3, 0.4) is 0 Å². The van der Waals surface area contributed by atoms with Crippen LogP contribution in [0.1, 0.15) is 36.7 Å². The summed E-state index contributed by atoms with van der Waals surface area (Å²) in [6.45, 7) is 6.95. The number of rotatable bonds is 5. The molecule has 0 saturated heterocycles. The second-order valence-corrected chi connectivity index (χ2v) is 6.73. The Morgan fingerprint density at radius 2 is 2.00 bits per heavy atom. The van der Waals surface area contributed by atoms with Gasteiger partial charge in [0.2, 0.25) is 11.1 Å². The smallest absolute Gasteiger partial charge is 0.229 e. The topological polar surface area (TPSA) is 73.6 Å². The first kappa shape index (κ1) is 17.6. The summed E-state index contributed by atoms with van der Waals surface area (Å²) >= 11 is 5.95. The van der Waals surface area contributed by atoms with Gasteiger partial charge in [-0.15, -0.1) is 0 Å². The maximum Gasteiger partial charge on any atom is 0.229 e. The van der Waals surface area contributed by atoms with E-state index in [-0.39, 0.29) is 29.5 Å². The zero-order valence-corrected chi connectivity index (χ0v) is 15.2. The molecule has 0 fully saturated rings. The first-order valence-electron chi connectivity index (χ1n) is 8.25. The average Bonchev–Trinajstić information content (AvgIpc) is 2.91. The van der Waals surface area contributed by atoms with Crippen molar-refractivity contribution in [1.29, 1.82) is 0 Å². The molecule has 0 aliphatic carbocycles. The summed E-state index contributed by atoms with van der Waals surface area (Å²) in [6.07, 6.45) is 0.127. The lowest BCUT2D eigenvalue weighted by Crippen LogP contribution is -2.33. The monoisotopic (exact) mass is 364 g/mol. The van der Waals surface area contributed by atoms with Crippen molar-refractivity contribution in [2.24, 2.45) is 5.92 Å². The number of amides is 1. The van der Waals surface area contributed by atoms with Crippen LogP contribution >= 0.6 is 11.6 Å². The lowest BCUT2D eigenvalue weighted by atomic mass is 9.95. The van der Waals surface area contributed by atoms with Gasteiger partial charge in [-0.25, -0.2) is 0 Å². The number of aryl methyl sites for hydroxylation is 1. The zero-order chi connectivity index (χ0) is 18.0. The molecule has 134 valence electrons. The van der Waals surface area contributed by atoms with Gasteiger partial charge >= 0.3 is 0 Å². The van der Waals surface area contributed by atoms with E-state index in [1.807, 2.05) is 18.2 Å². The summed E-state index contributed by atoms with van der Waals surface area (Å²) in [5.41, 5.74) is 2.21.